The van der Waals surface area contributed by atoms with E-state index in [0.717, 1.165) is 21.7 Å². The minimum absolute atomic E-state index is 0.0242. The number of amides is 1. The SMILES string of the molecule is COc1ccc2c(c1)[C@@]1(NC(=S)N(S(C)(=O)=O)[C@@H]1/C=C/c1ccccc1)C(=O)N2Cc1ccccc1. The van der Waals surface area contributed by atoms with Crippen LogP contribution in [0.4, 0.5) is 5.69 Å². The summed E-state index contributed by atoms with van der Waals surface area (Å²) in [5, 5.41) is 3.10. The maximum Gasteiger partial charge on any atom is 0.260 e. The molecule has 2 heterocycles. The molecule has 184 valence electrons. The molecule has 0 aliphatic carbocycles. The Balaban J connectivity index is 1.70. The summed E-state index contributed by atoms with van der Waals surface area (Å²) < 4.78 is 32.5. The van der Waals surface area contributed by atoms with Crippen molar-refractivity contribution in [3.05, 3.63) is 102 Å². The Morgan fingerprint density at radius 3 is 2.36 bits per heavy atom. The number of hydrogen-bond donors (Lipinski definition) is 1. The van der Waals surface area contributed by atoms with Gasteiger partial charge in [0.15, 0.2) is 10.7 Å². The summed E-state index contributed by atoms with van der Waals surface area (Å²) in [5.41, 5.74) is 1.65. The van der Waals surface area contributed by atoms with Gasteiger partial charge in [-0.15, -0.1) is 0 Å². The highest BCUT2D eigenvalue weighted by Gasteiger charge is 2.63. The molecule has 2 atom stereocenters. The van der Waals surface area contributed by atoms with Gasteiger partial charge in [0.1, 0.15) is 11.8 Å². The number of anilines is 1. The predicted octanol–water partition coefficient (Wildman–Crippen LogP) is 3.67. The number of thiocarbonyl (C=S) groups is 1. The minimum Gasteiger partial charge on any atom is -0.497 e. The van der Waals surface area contributed by atoms with E-state index < -0.39 is 21.6 Å². The number of carbonyl (C=O) groups excluding carboxylic acids is 1. The van der Waals surface area contributed by atoms with Gasteiger partial charge in [0.2, 0.25) is 10.0 Å². The van der Waals surface area contributed by atoms with Crippen LogP contribution in [0.3, 0.4) is 0 Å². The van der Waals surface area contributed by atoms with Crippen LogP contribution in [-0.2, 0) is 26.9 Å². The normalized spacial score (nSPS) is 21.3. The number of benzene rings is 3. The molecule has 1 N–H and O–H groups in total. The molecular formula is C27H25N3O4S2. The van der Waals surface area contributed by atoms with Crippen molar-refractivity contribution >= 4 is 45.0 Å². The molecule has 2 aliphatic heterocycles. The fourth-order valence-corrected chi connectivity index (χ4v) is 6.57. The number of sulfonamides is 1. The van der Waals surface area contributed by atoms with Gasteiger partial charge in [0.25, 0.3) is 5.91 Å². The molecule has 1 saturated heterocycles. The Labute approximate surface area is 216 Å². The molecule has 2 aliphatic rings. The van der Waals surface area contributed by atoms with E-state index in [1.54, 1.807) is 30.2 Å². The van der Waals surface area contributed by atoms with E-state index in [0.29, 0.717) is 23.5 Å². The first kappa shape index (κ1) is 24.0. The van der Waals surface area contributed by atoms with Gasteiger partial charge in [-0.1, -0.05) is 72.8 Å². The largest absolute Gasteiger partial charge is 0.497 e. The number of hydrogen-bond acceptors (Lipinski definition) is 5. The van der Waals surface area contributed by atoms with Crippen LogP contribution in [0.25, 0.3) is 6.08 Å². The van der Waals surface area contributed by atoms with Crippen molar-refractivity contribution in [2.75, 3.05) is 18.3 Å². The van der Waals surface area contributed by atoms with Gasteiger partial charge in [-0.3, -0.25) is 4.79 Å². The lowest BCUT2D eigenvalue weighted by Gasteiger charge is -2.30. The van der Waals surface area contributed by atoms with Crippen molar-refractivity contribution in [3.8, 4) is 5.75 Å². The second kappa shape index (κ2) is 9.07. The molecule has 0 saturated carbocycles. The molecule has 9 heteroatoms. The van der Waals surface area contributed by atoms with Crippen LogP contribution < -0.4 is 15.0 Å². The van der Waals surface area contributed by atoms with Crippen LogP contribution in [0.15, 0.2) is 84.9 Å². The average Bonchev–Trinajstić information content (AvgIpc) is 3.30. The third-order valence-corrected chi connectivity index (χ3v) is 8.05. The number of carbonyl (C=O) groups is 1. The van der Waals surface area contributed by atoms with E-state index in [4.69, 9.17) is 17.0 Å². The van der Waals surface area contributed by atoms with E-state index >= 15 is 0 Å². The number of nitrogens with zero attached hydrogens (tertiary/aromatic N) is 2. The quantitative estimate of drug-likeness (QED) is 0.501. The first-order valence-electron chi connectivity index (χ1n) is 11.3. The monoisotopic (exact) mass is 519 g/mol. The molecule has 7 nitrogen and oxygen atoms in total. The number of ether oxygens (including phenoxy) is 1. The lowest BCUT2D eigenvalue weighted by atomic mass is 9.84. The third kappa shape index (κ3) is 3.94. The van der Waals surface area contributed by atoms with Crippen molar-refractivity contribution < 1.29 is 17.9 Å². The molecule has 1 amide bonds. The maximum absolute atomic E-state index is 14.3. The number of rotatable bonds is 6. The number of methoxy groups -OCH3 is 1. The third-order valence-electron chi connectivity index (χ3n) is 6.51. The molecule has 36 heavy (non-hydrogen) atoms. The topological polar surface area (TPSA) is 79.0 Å². The molecule has 1 spiro atoms. The van der Waals surface area contributed by atoms with E-state index in [2.05, 4.69) is 5.32 Å². The molecule has 0 unspecified atom stereocenters. The molecule has 0 bridgehead atoms. The van der Waals surface area contributed by atoms with Crippen LogP contribution in [-0.4, -0.2) is 43.2 Å². The van der Waals surface area contributed by atoms with E-state index in [1.165, 1.54) is 0 Å². The summed E-state index contributed by atoms with van der Waals surface area (Å²) in [4.78, 5) is 16.0. The lowest BCUT2D eigenvalue weighted by Crippen LogP contribution is -2.54. The molecule has 0 aromatic heterocycles. The Morgan fingerprint density at radius 2 is 1.72 bits per heavy atom. The van der Waals surface area contributed by atoms with E-state index in [9.17, 15) is 13.2 Å². The fraction of sp³-hybridized carbons (Fsp3) is 0.185. The lowest BCUT2D eigenvalue weighted by molar-refractivity contribution is -0.124. The molecule has 3 aromatic carbocycles. The Kier molecular flexibility index (Phi) is 6.05. The fourth-order valence-electron chi connectivity index (χ4n) is 4.91. The summed E-state index contributed by atoms with van der Waals surface area (Å²) in [5.74, 6) is 0.268. The zero-order valence-corrected chi connectivity index (χ0v) is 21.4. The van der Waals surface area contributed by atoms with Gasteiger partial charge in [-0.25, -0.2) is 12.7 Å². The molecule has 0 radical (unpaired) electrons. The zero-order chi connectivity index (χ0) is 25.5. The smallest absolute Gasteiger partial charge is 0.260 e. The van der Waals surface area contributed by atoms with E-state index in [1.807, 2.05) is 72.8 Å². The van der Waals surface area contributed by atoms with Crippen LogP contribution in [0.2, 0.25) is 0 Å². The van der Waals surface area contributed by atoms with Crippen LogP contribution in [0.1, 0.15) is 16.7 Å². The first-order valence-corrected chi connectivity index (χ1v) is 13.6. The Bertz CT molecular complexity index is 1460. The van der Waals surface area contributed by atoms with Crippen LogP contribution in [0, 0.1) is 0 Å². The zero-order valence-electron chi connectivity index (χ0n) is 19.8. The summed E-state index contributed by atoms with van der Waals surface area (Å²) in [6.07, 6.45) is 4.64. The molecule has 3 aromatic rings. The summed E-state index contributed by atoms with van der Waals surface area (Å²) in [7, 11) is -2.26. The van der Waals surface area contributed by atoms with Gasteiger partial charge in [0, 0.05) is 5.56 Å². The number of fused-ring (bicyclic) bond motifs is 2. The number of nitrogens with one attached hydrogen (secondary N) is 1. The first-order chi connectivity index (χ1) is 17.3. The van der Waals surface area contributed by atoms with E-state index in [-0.39, 0.29) is 11.0 Å². The maximum atomic E-state index is 14.3. The summed E-state index contributed by atoms with van der Waals surface area (Å²) >= 11 is 5.52. The minimum atomic E-state index is -3.81. The molecular weight excluding hydrogens is 494 g/mol. The van der Waals surface area contributed by atoms with Crippen molar-refractivity contribution in [1.29, 1.82) is 0 Å². The molecule has 1 fully saturated rings. The predicted molar refractivity (Wildman–Crippen MR) is 144 cm³/mol. The van der Waals surface area contributed by atoms with Gasteiger partial charge < -0.3 is 15.0 Å². The van der Waals surface area contributed by atoms with Crippen molar-refractivity contribution in [1.82, 2.24) is 9.62 Å². The van der Waals surface area contributed by atoms with Gasteiger partial charge in [-0.2, -0.15) is 0 Å². The van der Waals surface area contributed by atoms with Gasteiger partial charge in [0.05, 0.1) is 25.6 Å². The second-order valence-corrected chi connectivity index (χ2v) is 11.0. The average molecular weight is 520 g/mol. The highest BCUT2D eigenvalue weighted by atomic mass is 32.2. The van der Waals surface area contributed by atoms with Crippen LogP contribution >= 0.6 is 12.2 Å². The highest BCUT2D eigenvalue weighted by Crippen LogP contribution is 2.49. The van der Waals surface area contributed by atoms with Crippen molar-refractivity contribution in [3.63, 3.8) is 0 Å². The van der Waals surface area contributed by atoms with Gasteiger partial charge in [-0.05, 0) is 41.5 Å². The molecule has 5 rings (SSSR count). The van der Waals surface area contributed by atoms with Crippen molar-refractivity contribution in [2.24, 2.45) is 0 Å². The van der Waals surface area contributed by atoms with Crippen LogP contribution in [0.5, 0.6) is 5.75 Å². The summed E-state index contributed by atoms with van der Waals surface area (Å²) in [6, 6.07) is 23.6. The standard InChI is InChI=1S/C27H25N3O4S2/c1-34-21-14-15-23-22(17-21)27(25(31)29(23)18-20-11-7-4-8-12-20)24(16-13-19-9-5-3-6-10-19)30(26(35)28-27)36(2,32)33/h3-17,24H,18H2,1-2H3,(H,28,35)/b16-13+/t24-,27+/m1/s1. The highest BCUT2D eigenvalue weighted by molar-refractivity contribution is 7.90. The van der Waals surface area contributed by atoms with Crippen molar-refractivity contribution in [2.45, 2.75) is 18.1 Å². The van der Waals surface area contributed by atoms with Gasteiger partial charge >= 0.3 is 0 Å². The summed E-state index contributed by atoms with van der Waals surface area (Å²) in [6.45, 7) is 0.323. The Hall–Kier alpha value is -3.69. The second-order valence-electron chi connectivity index (χ2n) is 8.77. The Morgan fingerprint density at radius 1 is 1.06 bits per heavy atom.